The Labute approximate surface area is 178 Å². The van der Waals surface area contributed by atoms with Crippen LogP contribution in [0.5, 0.6) is 5.75 Å². The lowest BCUT2D eigenvalue weighted by Gasteiger charge is -2.26. The van der Waals surface area contributed by atoms with Crippen LogP contribution in [0.1, 0.15) is 35.3 Å². The maximum Gasteiger partial charge on any atom is 0.256 e. The highest BCUT2D eigenvalue weighted by Gasteiger charge is 2.27. The fourth-order valence-corrected chi connectivity index (χ4v) is 4.66. The number of sulfonamides is 1. The molecule has 3 rings (SSSR count). The highest BCUT2D eigenvalue weighted by atomic mass is 32.2. The van der Waals surface area contributed by atoms with E-state index in [1.165, 1.54) is 16.4 Å². The predicted molar refractivity (Wildman–Crippen MR) is 116 cm³/mol. The number of ether oxygens (including phenoxy) is 2. The molecular weight excluding hydrogens is 404 g/mol. The van der Waals surface area contributed by atoms with Gasteiger partial charge in [0, 0.05) is 18.7 Å². The number of benzene rings is 2. The lowest BCUT2D eigenvalue weighted by atomic mass is 10.0. The molecule has 7 nitrogen and oxygen atoms in total. The topological polar surface area (TPSA) is 84.9 Å². The molecule has 0 saturated carbocycles. The maximum absolute atomic E-state index is 13.0. The average molecular weight is 433 g/mol. The summed E-state index contributed by atoms with van der Waals surface area (Å²) in [5.74, 6) is 0.107. The van der Waals surface area contributed by atoms with Crippen LogP contribution in [0.15, 0.2) is 41.3 Å². The second-order valence-electron chi connectivity index (χ2n) is 7.61. The Balaban J connectivity index is 1.97. The summed E-state index contributed by atoms with van der Waals surface area (Å²) in [6, 6.07) is 10.2. The standard InChI is InChI=1S/C22H28N2O5S/c1-15(2)29-21-8-7-18(30(26,27)24-9-11-28-12-10-24)14-20(21)23-22(25)19-13-16(3)5-6-17(19)4/h5-8,13-15H,9-12H2,1-4H3,(H,23,25). The molecule has 1 saturated heterocycles. The molecule has 1 heterocycles. The Bertz CT molecular complexity index is 1030. The summed E-state index contributed by atoms with van der Waals surface area (Å²) in [6.45, 7) is 8.85. The van der Waals surface area contributed by atoms with E-state index < -0.39 is 10.0 Å². The first-order valence-electron chi connectivity index (χ1n) is 9.95. The molecule has 1 aliphatic rings. The van der Waals surface area contributed by atoms with Gasteiger partial charge in [-0.15, -0.1) is 0 Å². The van der Waals surface area contributed by atoms with E-state index in [0.717, 1.165) is 11.1 Å². The molecule has 1 N–H and O–H groups in total. The van der Waals surface area contributed by atoms with Crippen molar-refractivity contribution in [3.63, 3.8) is 0 Å². The number of rotatable bonds is 6. The summed E-state index contributed by atoms with van der Waals surface area (Å²) in [7, 11) is -3.70. The van der Waals surface area contributed by atoms with E-state index in [9.17, 15) is 13.2 Å². The third-order valence-electron chi connectivity index (χ3n) is 4.81. The average Bonchev–Trinajstić information content (AvgIpc) is 2.71. The number of carbonyl (C=O) groups excluding carboxylic acids is 1. The van der Waals surface area contributed by atoms with Crippen LogP contribution in [0, 0.1) is 13.8 Å². The molecule has 1 aliphatic heterocycles. The van der Waals surface area contributed by atoms with Crippen LogP contribution >= 0.6 is 0 Å². The second-order valence-corrected chi connectivity index (χ2v) is 9.55. The summed E-state index contributed by atoms with van der Waals surface area (Å²) in [6.07, 6.45) is -0.136. The molecule has 30 heavy (non-hydrogen) atoms. The second kappa shape index (κ2) is 9.16. The molecule has 0 aliphatic carbocycles. The van der Waals surface area contributed by atoms with Gasteiger partial charge in [-0.3, -0.25) is 4.79 Å². The summed E-state index contributed by atoms with van der Waals surface area (Å²) in [5, 5.41) is 2.84. The van der Waals surface area contributed by atoms with E-state index in [1.807, 2.05) is 45.9 Å². The van der Waals surface area contributed by atoms with Crippen LogP contribution in [0.25, 0.3) is 0 Å². The van der Waals surface area contributed by atoms with Crippen LogP contribution in [0.3, 0.4) is 0 Å². The summed E-state index contributed by atoms with van der Waals surface area (Å²) < 4.78 is 38.5. The zero-order valence-corrected chi connectivity index (χ0v) is 18.6. The SMILES string of the molecule is Cc1ccc(C)c(C(=O)Nc2cc(S(=O)(=O)N3CCOCC3)ccc2OC(C)C)c1. The van der Waals surface area contributed by atoms with Crippen molar-refractivity contribution in [2.45, 2.75) is 38.7 Å². The van der Waals surface area contributed by atoms with Gasteiger partial charge in [0.2, 0.25) is 10.0 Å². The van der Waals surface area contributed by atoms with E-state index in [0.29, 0.717) is 43.3 Å². The van der Waals surface area contributed by atoms with Gasteiger partial charge in [-0.25, -0.2) is 8.42 Å². The molecule has 0 radical (unpaired) electrons. The van der Waals surface area contributed by atoms with E-state index in [2.05, 4.69) is 5.32 Å². The van der Waals surface area contributed by atoms with E-state index in [4.69, 9.17) is 9.47 Å². The van der Waals surface area contributed by atoms with Crippen LogP contribution in [0.4, 0.5) is 5.69 Å². The molecule has 2 aromatic carbocycles. The van der Waals surface area contributed by atoms with Gasteiger partial charge in [-0.05, 0) is 57.5 Å². The predicted octanol–water partition coefficient (Wildman–Crippen LogP) is 3.36. The van der Waals surface area contributed by atoms with Crippen molar-refractivity contribution in [1.82, 2.24) is 4.31 Å². The molecule has 1 amide bonds. The van der Waals surface area contributed by atoms with Gasteiger partial charge in [-0.1, -0.05) is 17.7 Å². The minimum atomic E-state index is -3.70. The molecule has 2 aromatic rings. The van der Waals surface area contributed by atoms with Crippen molar-refractivity contribution in [1.29, 1.82) is 0 Å². The Kier molecular flexibility index (Phi) is 6.80. The van der Waals surface area contributed by atoms with Crippen LogP contribution in [0.2, 0.25) is 0 Å². The van der Waals surface area contributed by atoms with Crippen molar-refractivity contribution in [2.75, 3.05) is 31.6 Å². The Morgan fingerprint density at radius 3 is 2.47 bits per heavy atom. The number of aryl methyl sites for hydroxylation is 2. The number of hydrogen-bond acceptors (Lipinski definition) is 5. The molecule has 0 unspecified atom stereocenters. The molecule has 162 valence electrons. The zero-order chi connectivity index (χ0) is 21.9. The normalized spacial score (nSPS) is 15.2. The molecule has 0 atom stereocenters. The van der Waals surface area contributed by atoms with Crippen LogP contribution in [-0.4, -0.2) is 51.0 Å². The van der Waals surface area contributed by atoms with Crippen molar-refractivity contribution >= 4 is 21.6 Å². The molecule has 0 bridgehead atoms. The lowest BCUT2D eigenvalue weighted by Crippen LogP contribution is -2.40. The summed E-state index contributed by atoms with van der Waals surface area (Å²) in [5.41, 5.74) is 2.66. The quantitative estimate of drug-likeness (QED) is 0.757. The number of nitrogens with one attached hydrogen (secondary N) is 1. The number of anilines is 1. The third kappa shape index (κ3) is 5.00. The lowest BCUT2D eigenvalue weighted by molar-refractivity contribution is 0.0730. The van der Waals surface area contributed by atoms with Gasteiger partial charge >= 0.3 is 0 Å². The minimum Gasteiger partial charge on any atom is -0.489 e. The summed E-state index contributed by atoms with van der Waals surface area (Å²) in [4.78, 5) is 13.1. The van der Waals surface area contributed by atoms with Gasteiger partial charge < -0.3 is 14.8 Å². The van der Waals surface area contributed by atoms with Crippen LogP contribution < -0.4 is 10.1 Å². The Morgan fingerprint density at radius 2 is 1.80 bits per heavy atom. The van der Waals surface area contributed by atoms with Crippen LogP contribution in [-0.2, 0) is 14.8 Å². The number of hydrogen-bond donors (Lipinski definition) is 1. The molecule has 0 spiro atoms. The largest absolute Gasteiger partial charge is 0.489 e. The number of morpholine rings is 1. The molecule has 0 aromatic heterocycles. The Morgan fingerprint density at radius 1 is 1.10 bits per heavy atom. The molecular formula is C22H28N2O5S. The van der Waals surface area contributed by atoms with E-state index in [1.54, 1.807) is 6.07 Å². The van der Waals surface area contributed by atoms with Gasteiger partial charge in [-0.2, -0.15) is 4.31 Å². The third-order valence-corrected chi connectivity index (χ3v) is 6.70. The fraction of sp³-hybridized carbons (Fsp3) is 0.409. The summed E-state index contributed by atoms with van der Waals surface area (Å²) >= 11 is 0. The zero-order valence-electron chi connectivity index (χ0n) is 17.8. The minimum absolute atomic E-state index is 0.108. The first-order chi connectivity index (χ1) is 14.2. The smallest absolute Gasteiger partial charge is 0.256 e. The maximum atomic E-state index is 13.0. The van der Waals surface area contributed by atoms with Gasteiger partial charge in [0.15, 0.2) is 0 Å². The highest BCUT2D eigenvalue weighted by molar-refractivity contribution is 7.89. The molecule has 1 fully saturated rings. The Hall–Kier alpha value is -2.42. The van der Waals surface area contributed by atoms with Crippen molar-refractivity contribution < 1.29 is 22.7 Å². The first-order valence-corrected chi connectivity index (χ1v) is 11.4. The van der Waals surface area contributed by atoms with Crippen molar-refractivity contribution in [3.05, 3.63) is 53.1 Å². The fourth-order valence-electron chi connectivity index (χ4n) is 3.23. The van der Waals surface area contributed by atoms with Crippen molar-refractivity contribution in [2.24, 2.45) is 0 Å². The number of nitrogens with zero attached hydrogens (tertiary/aromatic N) is 1. The monoisotopic (exact) mass is 432 g/mol. The number of carbonyl (C=O) groups is 1. The van der Waals surface area contributed by atoms with Gasteiger partial charge in [0.25, 0.3) is 5.91 Å². The molecule has 8 heteroatoms. The van der Waals surface area contributed by atoms with Crippen molar-refractivity contribution in [3.8, 4) is 5.75 Å². The van der Waals surface area contributed by atoms with E-state index in [-0.39, 0.29) is 16.9 Å². The highest BCUT2D eigenvalue weighted by Crippen LogP contribution is 2.31. The van der Waals surface area contributed by atoms with Gasteiger partial charge in [0.1, 0.15) is 5.75 Å². The number of amides is 1. The van der Waals surface area contributed by atoms with Gasteiger partial charge in [0.05, 0.1) is 29.9 Å². The van der Waals surface area contributed by atoms with E-state index >= 15 is 0 Å². The first kappa shape index (κ1) is 22.3.